The van der Waals surface area contributed by atoms with Gasteiger partial charge in [-0.05, 0) is 32.3 Å². The zero-order valence-corrected chi connectivity index (χ0v) is 20.1. The molecule has 0 spiro atoms. The standard InChI is InChI=1S/C25H33FN4O5/c1-3-4-19(27)20(28)25(34)35-14-7-9-29(10-8-14)22-15-6-5-13(2)30-12-17(24(32)33)23(31)16(21(15)30)11-18(22)26/h11-14,19-20H,3-10,27-28H2,1-2H3,(H,32,33)/t13-,19?,20-/m0/s1. The Balaban J connectivity index is 1.59. The van der Waals surface area contributed by atoms with Gasteiger partial charge in [0.25, 0.3) is 0 Å². The van der Waals surface area contributed by atoms with Gasteiger partial charge >= 0.3 is 11.9 Å². The van der Waals surface area contributed by atoms with Crippen LogP contribution >= 0.6 is 0 Å². The molecule has 0 amide bonds. The highest BCUT2D eigenvalue weighted by molar-refractivity contribution is 5.95. The fraction of sp³-hybridized carbons (Fsp3) is 0.560. The lowest BCUT2D eigenvalue weighted by Gasteiger charge is -2.37. The number of aromatic nitrogens is 1. The van der Waals surface area contributed by atoms with Crippen LogP contribution in [0.3, 0.4) is 0 Å². The fourth-order valence-corrected chi connectivity index (χ4v) is 5.26. The molecular formula is C25H33FN4O5. The Morgan fingerprint density at radius 1 is 1.26 bits per heavy atom. The molecule has 0 radical (unpaired) electrons. The van der Waals surface area contributed by atoms with E-state index in [2.05, 4.69) is 0 Å². The summed E-state index contributed by atoms with van der Waals surface area (Å²) in [4.78, 5) is 38.7. The number of carbonyl (C=O) groups excluding carboxylic acids is 1. The van der Waals surface area contributed by atoms with Crippen LogP contribution in [0.15, 0.2) is 17.1 Å². The number of aryl methyl sites for hydroxylation is 1. The summed E-state index contributed by atoms with van der Waals surface area (Å²) in [6.45, 7) is 4.86. The van der Waals surface area contributed by atoms with Crippen LogP contribution in [0.25, 0.3) is 10.9 Å². The number of piperidine rings is 1. The number of pyridine rings is 1. The van der Waals surface area contributed by atoms with Gasteiger partial charge in [0.1, 0.15) is 23.5 Å². The number of carboxylic acid groups (broad SMARTS) is 1. The summed E-state index contributed by atoms with van der Waals surface area (Å²) in [7, 11) is 0. The first kappa shape index (κ1) is 25.1. The number of halogens is 1. The van der Waals surface area contributed by atoms with Crippen LogP contribution in [-0.4, -0.2) is 52.9 Å². The quantitative estimate of drug-likeness (QED) is 0.504. The minimum Gasteiger partial charge on any atom is -0.477 e. The Morgan fingerprint density at radius 3 is 2.57 bits per heavy atom. The summed E-state index contributed by atoms with van der Waals surface area (Å²) in [6.07, 6.45) is 4.81. The maximum atomic E-state index is 15.4. The Kier molecular flexibility index (Phi) is 7.14. The van der Waals surface area contributed by atoms with E-state index in [0.29, 0.717) is 56.4 Å². The van der Waals surface area contributed by atoms with Crippen LogP contribution in [0.2, 0.25) is 0 Å². The first-order chi connectivity index (χ1) is 16.6. The first-order valence-electron chi connectivity index (χ1n) is 12.2. The smallest absolute Gasteiger partial charge is 0.341 e. The average molecular weight is 489 g/mol. The fourth-order valence-electron chi connectivity index (χ4n) is 5.26. The van der Waals surface area contributed by atoms with Crippen molar-refractivity contribution in [1.82, 2.24) is 4.57 Å². The number of benzene rings is 1. The van der Waals surface area contributed by atoms with E-state index in [1.165, 1.54) is 6.20 Å². The van der Waals surface area contributed by atoms with Crippen molar-refractivity contribution in [2.45, 2.75) is 76.6 Å². The number of rotatable bonds is 7. The Morgan fingerprint density at radius 2 is 1.94 bits per heavy atom. The lowest BCUT2D eigenvalue weighted by molar-refractivity contribution is -0.152. The highest BCUT2D eigenvalue weighted by atomic mass is 19.1. The van der Waals surface area contributed by atoms with Gasteiger partial charge in [-0.2, -0.15) is 0 Å². The lowest BCUT2D eigenvalue weighted by atomic mass is 9.93. The summed E-state index contributed by atoms with van der Waals surface area (Å²) >= 11 is 0. The van der Waals surface area contributed by atoms with Gasteiger partial charge in [-0.25, -0.2) is 9.18 Å². The third-order valence-electron chi connectivity index (χ3n) is 7.25. The highest BCUT2D eigenvalue weighted by Crippen LogP contribution is 2.39. The van der Waals surface area contributed by atoms with E-state index in [0.717, 1.165) is 18.1 Å². The van der Waals surface area contributed by atoms with E-state index in [1.807, 2.05) is 18.7 Å². The molecule has 1 fully saturated rings. The molecule has 3 heterocycles. The van der Waals surface area contributed by atoms with Crippen molar-refractivity contribution in [2.24, 2.45) is 11.5 Å². The summed E-state index contributed by atoms with van der Waals surface area (Å²) in [5.74, 6) is -2.38. The SMILES string of the molecule is CCCC(N)[C@H](N)C(=O)OC1CCN(c2c(F)cc3c(=O)c(C(=O)O)cn4c3c2CC[C@@H]4C)CC1. The van der Waals surface area contributed by atoms with Crippen molar-refractivity contribution in [2.75, 3.05) is 18.0 Å². The zero-order chi connectivity index (χ0) is 25.4. The number of esters is 1. The number of carboxylic acids is 1. The molecule has 2 aromatic rings. The van der Waals surface area contributed by atoms with E-state index in [1.54, 1.807) is 4.57 Å². The predicted molar refractivity (Wildman–Crippen MR) is 130 cm³/mol. The number of hydrogen-bond acceptors (Lipinski definition) is 7. The van der Waals surface area contributed by atoms with Crippen LogP contribution in [0.1, 0.15) is 67.9 Å². The summed E-state index contributed by atoms with van der Waals surface area (Å²) in [5, 5.41) is 9.55. The van der Waals surface area contributed by atoms with Crippen LogP contribution in [0, 0.1) is 5.82 Å². The van der Waals surface area contributed by atoms with Crippen LogP contribution < -0.4 is 21.8 Å². The van der Waals surface area contributed by atoms with E-state index in [-0.39, 0.29) is 23.1 Å². The molecule has 0 aliphatic carbocycles. The molecule has 190 valence electrons. The van der Waals surface area contributed by atoms with Crippen molar-refractivity contribution in [3.63, 3.8) is 0 Å². The number of carbonyl (C=O) groups is 2. The monoisotopic (exact) mass is 488 g/mol. The number of ether oxygens (including phenoxy) is 1. The lowest BCUT2D eigenvalue weighted by Crippen LogP contribution is -2.49. The minimum absolute atomic E-state index is 0.0181. The zero-order valence-electron chi connectivity index (χ0n) is 20.1. The van der Waals surface area contributed by atoms with Gasteiger partial charge in [0.15, 0.2) is 0 Å². The molecule has 0 bridgehead atoms. The van der Waals surface area contributed by atoms with Crippen LogP contribution in [0.5, 0.6) is 0 Å². The molecule has 2 aliphatic rings. The van der Waals surface area contributed by atoms with Gasteiger partial charge < -0.3 is 30.8 Å². The third-order valence-corrected chi connectivity index (χ3v) is 7.25. The van der Waals surface area contributed by atoms with Gasteiger partial charge in [-0.3, -0.25) is 9.59 Å². The van der Waals surface area contributed by atoms with Gasteiger partial charge in [-0.15, -0.1) is 0 Å². The van der Waals surface area contributed by atoms with Crippen molar-refractivity contribution in [1.29, 1.82) is 0 Å². The van der Waals surface area contributed by atoms with Crippen molar-refractivity contribution in [3.8, 4) is 0 Å². The van der Waals surface area contributed by atoms with E-state index in [9.17, 15) is 19.5 Å². The van der Waals surface area contributed by atoms with Crippen molar-refractivity contribution in [3.05, 3.63) is 39.4 Å². The molecule has 35 heavy (non-hydrogen) atoms. The number of hydrogen-bond donors (Lipinski definition) is 3. The second kappa shape index (κ2) is 9.94. The molecule has 9 nitrogen and oxygen atoms in total. The number of anilines is 1. The van der Waals surface area contributed by atoms with Crippen LogP contribution in [0.4, 0.5) is 10.1 Å². The van der Waals surface area contributed by atoms with E-state index in [4.69, 9.17) is 16.2 Å². The van der Waals surface area contributed by atoms with Gasteiger partial charge in [0.05, 0.1) is 11.2 Å². The molecular weight excluding hydrogens is 455 g/mol. The molecule has 3 atom stereocenters. The summed E-state index contributed by atoms with van der Waals surface area (Å²) in [6, 6.07) is -0.174. The molecule has 10 heteroatoms. The number of nitrogens with two attached hydrogens (primary N) is 2. The Labute approximate surface area is 202 Å². The first-order valence-corrected chi connectivity index (χ1v) is 12.2. The minimum atomic E-state index is -1.32. The normalized spacial score (nSPS) is 20.0. The van der Waals surface area contributed by atoms with Crippen molar-refractivity contribution >= 4 is 28.5 Å². The van der Waals surface area contributed by atoms with Gasteiger partial charge in [0, 0.05) is 55.2 Å². The molecule has 1 aromatic heterocycles. The van der Waals surface area contributed by atoms with Gasteiger partial charge in [-0.1, -0.05) is 13.3 Å². The second-order valence-corrected chi connectivity index (χ2v) is 9.66. The third kappa shape index (κ3) is 4.64. The molecule has 2 aliphatic heterocycles. The maximum absolute atomic E-state index is 15.4. The average Bonchev–Trinajstić information content (AvgIpc) is 2.82. The molecule has 1 saturated heterocycles. The molecule has 1 aromatic carbocycles. The number of nitrogens with zero attached hydrogens (tertiary/aromatic N) is 2. The molecule has 1 unspecified atom stereocenters. The maximum Gasteiger partial charge on any atom is 0.341 e. The molecule has 0 saturated carbocycles. The van der Waals surface area contributed by atoms with Crippen molar-refractivity contribution < 1.29 is 23.8 Å². The van der Waals surface area contributed by atoms with Gasteiger partial charge in [0.2, 0.25) is 5.43 Å². The molecule has 5 N–H and O–H groups in total. The van der Waals surface area contributed by atoms with E-state index < -0.39 is 35.3 Å². The Hall–Kier alpha value is -2.98. The second-order valence-electron chi connectivity index (χ2n) is 9.66. The van der Waals surface area contributed by atoms with E-state index >= 15 is 4.39 Å². The Bertz CT molecular complexity index is 1200. The highest BCUT2D eigenvalue weighted by Gasteiger charge is 2.32. The summed E-state index contributed by atoms with van der Waals surface area (Å²) < 4.78 is 22.8. The predicted octanol–water partition coefficient (Wildman–Crippen LogP) is 2.31. The summed E-state index contributed by atoms with van der Waals surface area (Å²) in [5.41, 5.74) is 12.6. The number of aromatic carboxylic acids is 1. The largest absolute Gasteiger partial charge is 0.477 e. The van der Waals surface area contributed by atoms with Crippen LogP contribution in [-0.2, 0) is 16.0 Å². The molecule has 4 rings (SSSR count). The topological polar surface area (TPSA) is 141 Å².